The van der Waals surface area contributed by atoms with Gasteiger partial charge in [-0.1, -0.05) is 0 Å². The molecule has 1 aromatic heterocycles. The molecule has 2 heterocycles. The Morgan fingerprint density at radius 2 is 2.56 bits per heavy atom. The summed E-state index contributed by atoms with van der Waals surface area (Å²) in [5, 5.41) is 2.87. The molecule has 1 aliphatic rings. The smallest absolute Gasteiger partial charge is 0.271 e. The number of nitrogens with two attached hydrogens (primary N) is 1. The Bertz CT molecular complexity index is 410. The van der Waals surface area contributed by atoms with E-state index in [0.717, 1.165) is 19.4 Å². The number of aromatic nitrogens is 2. The molecule has 1 unspecified atom stereocenters. The maximum absolute atomic E-state index is 11.9. The van der Waals surface area contributed by atoms with Gasteiger partial charge in [0.2, 0.25) is 0 Å². The third-order valence-electron chi connectivity index (χ3n) is 3.18. The van der Waals surface area contributed by atoms with Crippen LogP contribution < -0.4 is 11.1 Å². The van der Waals surface area contributed by atoms with Crippen molar-refractivity contribution in [3.05, 3.63) is 18.2 Å². The first-order valence-corrected chi connectivity index (χ1v) is 6.27. The molecule has 2 rings (SSSR count). The van der Waals surface area contributed by atoms with Gasteiger partial charge < -0.3 is 20.4 Å². The summed E-state index contributed by atoms with van der Waals surface area (Å²) in [6, 6.07) is 0. The zero-order valence-corrected chi connectivity index (χ0v) is 10.7. The number of ether oxygens (including phenoxy) is 1. The van der Waals surface area contributed by atoms with Gasteiger partial charge in [0, 0.05) is 32.4 Å². The molecule has 3 N–H and O–H groups in total. The Morgan fingerprint density at radius 3 is 3.22 bits per heavy atom. The highest BCUT2D eigenvalue weighted by Gasteiger charge is 2.30. The normalized spacial score (nSPS) is 23.2. The second-order valence-corrected chi connectivity index (χ2v) is 4.87. The number of carbonyl (C=O) groups excluding carboxylic acids is 1. The van der Waals surface area contributed by atoms with Crippen LogP contribution >= 0.6 is 0 Å². The van der Waals surface area contributed by atoms with E-state index >= 15 is 0 Å². The van der Waals surface area contributed by atoms with Crippen molar-refractivity contribution in [1.82, 2.24) is 14.9 Å². The largest absolute Gasteiger partial charge is 0.373 e. The number of hydrogen-bond donors (Lipinski definition) is 2. The lowest BCUT2D eigenvalue weighted by Crippen LogP contribution is -2.40. The van der Waals surface area contributed by atoms with Crippen LogP contribution in [0.4, 0.5) is 0 Å². The minimum atomic E-state index is -0.227. The highest BCUT2D eigenvalue weighted by molar-refractivity contribution is 5.92. The van der Waals surface area contributed by atoms with Crippen LogP contribution in [0.5, 0.6) is 0 Å². The van der Waals surface area contributed by atoms with Gasteiger partial charge in [0.1, 0.15) is 5.69 Å². The molecule has 1 fully saturated rings. The van der Waals surface area contributed by atoms with Gasteiger partial charge in [0.05, 0.1) is 11.9 Å². The standard InChI is InChI=1S/C12H20N4O2/c1-12(3-2-6-18-12)8-14-11(17)10-7-16(5-4-13)9-15-10/h7,9H,2-6,8,13H2,1H3,(H,14,17). The van der Waals surface area contributed by atoms with Crippen molar-refractivity contribution in [2.24, 2.45) is 5.73 Å². The van der Waals surface area contributed by atoms with E-state index < -0.39 is 0 Å². The average molecular weight is 252 g/mol. The van der Waals surface area contributed by atoms with Gasteiger partial charge in [0.15, 0.2) is 0 Å². The molecule has 1 saturated heterocycles. The number of nitrogens with one attached hydrogen (secondary N) is 1. The van der Waals surface area contributed by atoms with Crippen molar-refractivity contribution in [2.45, 2.75) is 31.9 Å². The quantitative estimate of drug-likeness (QED) is 0.781. The number of carbonyl (C=O) groups is 1. The second kappa shape index (κ2) is 5.49. The summed E-state index contributed by atoms with van der Waals surface area (Å²) < 4.78 is 7.42. The van der Waals surface area contributed by atoms with Gasteiger partial charge in [0.25, 0.3) is 5.91 Å². The first-order valence-electron chi connectivity index (χ1n) is 6.27. The van der Waals surface area contributed by atoms with E-state index in [0.29, 0.717) is 25.3 Å². The molecule has 0 saturated carbocycles. The fourth-order valence-electron chi connectivity index (χ4n) is 2.08. The Balaban J connectivity index is 1.87. The Kier molecular flexibility index (Phi) is 3.98. The molecule has 0 aliphatic carbocycles. The van der Waals surface area contributed by atoms with E-state index in [4.69, 9.17) is 10.5 Å². The van der Waals surface area contributed by atoms with Crippen molar-refractivity contribution in [3.8, 4) is 0 Å². The molecule has 100 valence electrons. The lowest BCUT2D eigenvalue weighted by atomic mass is 10.0. The molecule has 1 amide bonds. The van der Waals surface area contributed by atoms with Gasteiger partial charge in [-0.2, -0.15) is 0 Å². The minimum Gasteiger partial charge on any atom is -0.373 e. The van der Waals surface area contributed by atoms with E-state index in [9.17, 15) is 4.79 Å². The van der Waals surface area contributed by atoms with Crippen molar-refractivity contribution >= 4 is 5.91 Å². The Labute approximate surface area is 107 Å². The molecule has 1 atom stereocenters. The fourth-order valence-corrected chi connectivity index (χ4v) is 2.08. The molecule has 18 heavy (non-hydrogen) atoms. The molecule has 0 bridgehead atoms. The summed E-state index contributed by atoms with van der Waals surface area (Å²) >= 11 is 0. The average Bonchev–Trinajstić information content (AvgIpc) is 2.97. The number of amides is 1. The minimum absolute atomic E-state index is 0.164. The first kappa shape index (κ1) is 13.0. The van der Waals surface area contributed by atoms with Crippen molar-refractivity contribution in [1.29, 1.82) is 0 Å². The number of rotatable bonds is 5. The topological polar surface area (TPSA) is 82.2 Å². The zero-order chi connectivity index (χ0) is 13.0. The third-order valence-corrected chi connectivity index (χ3v) is 3.18. The predicted octanol–water partition coefficient (Wildman–Crippen LogP) is 0.141. The van der Waals surface area contributed by atoms with E-state index in [1.165, 1.54) is 0 Å². The predicted molar refractivity (Wildman–Crippen MR) is 67.2 cm³/mol. The van der Waals surface area contributed by atoms with E-state index in [2.05, 4.69) is 10.3 Å². The van der Waals surface area contributed by atoms with Crippen LogP contribution in [0.2, 0.25) is 0 Å². The third kappa shape index (κ3) is 3.08. The van der Waals surface area contributed by atoms with Crippen LogP contribution in [0.3, 0.4) is 0 Å². The molecule has 6 heteroatoms. The molecule has 0 spiro atoms. The Hall–Kier alpha value is -1.40. The molecular formula is C12H20N4O2. The Morgan fingerprint density at radius 1 is 1.72 bits per heavy atom. The van der Waals surface area contributed by atoms with E-state index in [1.807, 2.05) is 11.5 Å². The van der Waals surface area contributed by atoms with Crippen molar-refractivity contribution in [3.63, 3.8) is 0 Å². The van der Waals surface area contributed by atoms with E-state index in [-0.39, 0.29) is 11.5 Å². The van der Waals surface area contributed by atoms with Gasteiger partial charge in [-0.3, -0.25) is 4.79 Å². The molecule has 0 radical (unpaired) electrons. The van der Waals surface area contributed by atoms with Crippen LogP contribution in [0.25, 0.3) is 0 Å². The van der Waals surface area contributed by atoms with Crippen LogP contribution in [0.15, 0.2) is 12.5 Å². The SMILES string of the molecule is CC1(CNC(=O)c2cn(CCN)cn2)CCCO1. The second-order valence-electron chi connectivity index (χ2n) is 4.87. The molecule has 0 aromatic carbocycles. The van der Waals surface area contributed by atoms with Gasteiger partial charge in [-0.05, 0) is 19.8 Å². The summed E-state index contributed by atoms with van der Waals surface area (Å²) in [5.41, 5.74) is 5.63. The van der Waals surface area contributed by atoms with Crippen LogP contribution in [0, 0.1) is 0 Å². The summed E-state index contributed by atoms with van der Waals surface area (Å²) in [5.74, 6) is -0.164. The molecule has 6 nitrogen and oxygen atoms in total. The van der Waals surface area contributed by atoms with Gasteiger partial charge in [-0.25, -0.2) is 4.98 Å². The van der Waals surface area contributed by atoms with Crippen LogP contribution in [0.1, 0.15) is 30.3 Å². The van der Waals surface area contributed by atoms with Gasteiger partial charge in [-0.15, -0.1) is 0 Å². The lowest BCUT2D eigenvalue weighted by molar-refractivity contribution is 0.0205. The van der Waals surface area contributed by atoms with Crippen LogP contribution in [-0.2, 0) is 11.3 Å². The summed E-state index contributed by atoms with van der Waals surface area (Å²) in [6.45, 7) is 4.52. The maximum atomic E-state index is 11.9. The summed E-state index contributed by atoms with van der Waals surface area (Å²) in [7, 11) is 0. The number of nitrogens with zero attached hydrogens (tertiary/aromatic N) is 2. The lowest BCUT2D eigenvalue weighted by Gasteiger charge is -2.22. The van der Waals surface area contributed by atoms with E-state index in [1.54, 1.807) is 12.5 Å². The maximum Gasteiger partial charge on any atom is 0.271 e. The monoisotopic (exact) mass is 252 g/mol. The molecular weight excluding hydrogens is 232 g/mol. The number of imidazole rings is 1. The zero-order valence-electron chi connectivity index (χ0n) is 10.7. The highest BCUT2D eigenvalue weighted by atomic mass is 16.5. The molecule has 1 aliphatic heterocycles. The van der Waals surface area contributed by atoms with Crippen molar-refractivity contribution < 1.29 is 9.53 Å². The highest BCUT2D eigenvalue weighted by Crippen LogP contribution is 2.23. The summed E-state index contributed by atoms with van der Waals surface area (Å²) in [4.78, 5) is 15.9. The van der Waals surface area contributed by atoms with Crippen LogP contribution in [-0.4, -0.2) is 40.8 Å². The first-order chi connectivity index (χ1) is 8.63. The number of hydrogen-bond acceptors (Lipinski definition) is 4. The fraction of sp³-hybridized carbons (Fsp3) is 0.667. The summed E-state index contributed by atoms with van der Waals surface area (Å²) in [6.07, 6.45) is 5.36. The van der Waals surface area contributed by atoms with Gasteiger partial charge >= 0.3 is 0 Å². The van der Waals surface area contributed by atoms with Crippen molar-refractivity contribution in [2.75, 3.05) is 19.7 Å². The molecule has 1 aromatic rings.